The molecule has 0 spiro atoms. The minimum atomic E-state index is 0.218. The summed E-state index contributed by atoms with van der Waals surface area (Å²) in [6, 6.07) is 4.87. The smallest absolute Gasteiger partial charge is 0.203 e. The predicted molar refractivity (Wildman–Crippen MR) is 94.3 cm³/mol. The molecule has 0 aliphatic carbocycles. The second-order valence-electron chi connectivity index (χ2n) is 6.58. The molecule has 0 saturated carbocycles. The number of rotatable bonds is 7. The van der Waals surface area contributed by atoms with Gasteiger partial charge in [0.25, 0.3) is 0 Å². The minimum Gasteiger partial charge on any atom is -0.493 e. The van der Waals surface area contributed by atoms with Crippen LogP contribution in [0.25, 0.3) is 0 Å². The number of benzene rings is 1. The quantitative estimate of drug-likeness (QED) is 0.812. The van der Waals surface area contributed by atoms with Gasteiger partial charge in [-0.15, -0.1) is 0 Å². The van der Waals surface area contributed by atoms with E-state index in [0.29, 0.717) is 23.3 Å². The van der Waals surface area contributed by atoms with Crippen molar-refractivity contribution in [3.8, 4) is 17.2 Å². The molecule has 134 valence electrons. The third kappa shape index (κ3) is 3.45. The fourth-order valence-electron chi connectivity index (χ4n) is 3.70. The Hall–Kier alpha value is -1.50. The van der Waals surface area contributed by atoms with Crippen LogP contribution in [0.3, 0.4) is 0 Å². The van der Waals surface area contributed by atoms with Crippen molar-refractivity contribution in [1.82, 2.24) is 15.1 Å². The van der Waals surface area contributed by atoms with E-state index in [4.69, 9.17) is 14.2 Å². The third-order valence-electron chi connectivity index (χ3n) is 5.24. The molecule has 3 fully saturated rings. The standard InChI is InChI=1S/C18H29N3O3/c1-13(19-11-15-12-20-5-7-21(15)8-6-20)14-9-16(22-2)18(24-4)17(10-14)23-3/h9-10,13,15,19H,5-8,11-12H2,1-4H3. The summed E-state index contributed by atoms with van der Waals surface area (Å²) in [5, 5.41) is 3.67. The second kappa shape index (κ2) is 7.59. The number of hydrogen-bond acceptors (Lipinski definition) is 6. The molecule has 0 aromatic heterocycles. The van der Waals surface area contributed by atoms with E-state index >= 15 is 0 Å². The van der Waals surface area contributed by atoms with Crippen LogP contribution in [0.1, 0.15) is 18.5 Å². The average Bonchev–Trinajstić information content (AvgIpc) is 2.65. The van der Waals surface area contributed by atoms with Gasteiger partial charge in [0.2, 0.25) is 5.75 Å². The van der Waals surface area contributed by atoms with Gasteiger partial charge in [-0.3, -0.25) is 9.80 Å². The molecule has 0 radical (unpaired) electrons. The van der Waals surface area contributed by atoms with Crippen LogP contribution in [-0.4, -0.2) is 76.4 Å². The summed E-state index contributed by atoms with van der Waals surface area (Å²) in [5.41, 5.74) is 1.14. The molecular formula is C18H29N3O3. The zero-order chi connectivity index (χ0) is 17.1. The highest BCUT2D eigenvalue weighted by Crippen LogP contribution is 2.39. The van der Waals surface area contributed by atoms with Gasteiger partial charge in [0, 0.05) is 51.4 Å². The van der Waals surface area contributed by atoms with Crippen LogP contribution < -0.4 is 19.5 Å². The third-order valence-corrected chi connectivity index (χ3v) is 5.24. The first-order valence-corrected chi connectivity index (χ1v) is 8.66. The molecule has 3 heterocycles. The number of piperazine rings is 3. The van der Waals surface area contributed by atoms with Crippen LogP contribution in [0.15, 0.2) is 12.1 Å². The SMILES string of the molecule is COc1cc(C(C)NCC2CN3CCN2CC3)cc(OC)c1OC. The van der Waals surface area contributed by atoms with E-state index in [1.807, 2.05) is 12.1 Å². The van der Waals surface area contributed by atoms with Crippen LogP contribution in [-0.2, 0) is 0 Å². The van der Waals surface area contributed by atoms with Gasteiger partial charge in [-0.1, -0.05) is 0 Å². The largest absolute Gasteiger partial charge is 0.493 e. The summed E-state index contributed by atoms with van der Waals surface area (Å²) in [6.45, 7) is 9.19. The van der Waals surface area contributed by atoms with Gasteiger partial charge in [0.15, 0.2) is 11.5 Å². The summed E-state index contributed by atoms with van der Waals surface area (Å²) in [4.78, 5) is 5.17. The molecule has 24 heavy (non-hydrogen) atoms. The van der Waals surface area contributed by atoms with E-state index < -0.39 is 0 Å². The van der Waals surface area contributed by atoms with Gasteiger partial charge in [-0.25, -0.2) is 0 Å². The molecule has 1 aromatic carbocycles. The maximum absolute atomic E-state index is 5.46. The van der Waals surface area contributed by atoms with E-state index in [9.17, 15) is 0 Å². The molecule has 3 aliphatic heterocycles. The van der Waals surface area contributed by atoms with Gasteiger partial charge < -0.3 is 19.5 Å². The first-order chi connectivity index (χ1) is 11.7. The maximum Gasteiger partial charge on any atom is 0.203 e. The topological polar surface area (TPSA) is 46.2 Å². The van der Waals surface area contributed by atoms with Crippen molar-refractivity contribution in [3.63, 3.8) is 0 Å². The van der Waals surface area contributed by atoms with Crippen molar-refractivity contribution in [1.29, 1.82) is 0 Å². The molecule has 0 amide bonds. The van der Waals surface area contributed by atoms with E-state index in [0.717, 1.165) is 12.1 Å². The predicted octanol–water partition coefficient (Wildman–Crippen LogP) is 1.36. The Morgan fingerprint density at radius 2 is 1.67 bits per heavy atom. The molecule has 6 heteroatoms. The molecule has 3 aliphatic rings. The van der Waals surface area contributed by atoms with Gasteiger partial charge >= 0.3 is 0 Å². The average molecular weight is 335 g/mol. The van der Waals surface area contributed by atoms with Crippen molar-refractivity contribution in [3.05, 3.63) is 17.7 Å². The zero-order valence-corrected chi connectivity index (χ0v) is 15.2. The Kier molecular flexibility index (Phi) is 5.48. The fraction of sp³-hybridized carbons (Fsp3) is 0.667. The highest BCUT2D eigenvalue weighted by Gasteiger charge is 2.31. The number of ether oxygens (including phenoxy) is 3. The number of hydrogen-bond donors (Lipinski definition) is 1. The molecule has 1 aromatic rings. The van der Waals surface area contributed by atoms with Crippen LogP contribution in [0.4, 0.5) is 0 Å². The van der Waals surface area contributed by atoms with E-state index in [-0.39, 0.29) is 6.04 Å². The lowest BCUT2D eigenvalue weighted by Crippen LogP contribution is -2.63. The maximum atomic E-state index is 5.46. The summed E-state index contributed by atoms with van der Waals surface area (Å²) in [5.74, 6) is 2.04. The van der Waals surface area contributed by atoms with Crippen molar-refractivity contribution in [2.24, 2.45) is 0 Å². The monoisotopic (exact) mass is 335 g/mol. The Bertz CT molecular complexity index is 533. The van der Waals surface area contributed by atoms with E-state index in [1.165, 1.54) is 32.7 Å². The Morgan fingerprint density at radius 1 is 1.04 bits per heavy atom. The first-order valence-electron chi connectivity index (χ1n) is 8.66. The zero-order valence-electron chi connectivity index (χ0n) is 15.2. The van der Waals surface area contributed by atoms with Crippen molar-refractivity contribution in [2.45, 2.75) is 19.0 Å². The van der Waals surface area contributed by atoms with Gasteiger partial charge in [0.1, 0.15) is 0 Å². The number of nitrogens with zero attached hydrogens (tertiary/aromatic N) is 2. The first kappa shape index (κ1) is 17.3. The summed E-state index contributed by atoms with van der Waals surface area (Å²) in [6.07, 6.45) is 0. The highest BCUT2D eigenvalue weighted by atomic mass is 16.5. The molecule has 4 rings (SSSR count). The van der Waals surface area contributed by atoms with E-state index in [2.05, 4.69) is 22.0 Å². The molecule has 3 saturated heterocycles. The Balaban J connectivity index is 1.67. The number of nitrogens with one attached hydrogen (secondary N) is 1. The fourth-order valence-corrected chi connectivity index (χ4v) is 3.70. The lowest BCUT2D eigenvalue weighted by molar-refractivity contribution is 0.0128. The van der Waals surface area contributed by atoms with Crippen molar-refractivity contribution >= 4 is 0 Å². The van der Waals surface area contributed by atoms with Crippen LogP contribution >= 0.6 is 0 Å². The Labute approximate surface area is 144 Å². The summed E-state index contributed by atoms with van der Waals surface area (Å²) < 4.78 is 16.3. The number of methoxy groups -OCH3 is 3. The summed E-state index contributed by atoms with van der Waals surface area (Å²) in [7, 11) is 4.93. The highest BCUT2D eigenvalue weighted by molar-refractivity contribution is 5.54. The van der Waals surface area contributed by atoms with Crippen molar-refractivity contribution in [2.75, 3.05) is 60.6 Å². The normalized spacial score (nSPS) is 26.9. The van der Waals surface area contributed by atoms with Crippen molar-refractivity contribution < 1.29 is 14.2 Å². The molecule has 2 atom stereocenters. The Morgan fingerprint density at radius 3 is 2.12 bits per heavy atom. The van der Waals surface area contributed by atoms with E-state index in [1.54, 1.807) is 21.3 Å². The number of fused-ring (bicyclic) bond motifs is 3. The minimum absolute atomic E-state index is 0.218. The molecule has 2 unspecified atom stereocenters. The molecule has 6 nitrogen and oxygen atoms in total. The van der Waals surface area contributed by atoms with Crippen LogP contribution in [0.5, 0.6) is 17.2 Å². The van der Waals surface area contributed by atoms with Gasteiger partial charge in [-0.2, -0.15) is 0 Å². The molecule has 2 bridgehead atoms. The lowest BCUT2D eigenvalue weighted by atomic mass is 10.0. The second-order valence-corrected chi connectivity index (χ2v) is 6.58. The molecule has 1 N–H and O–H groups in total. The lowest BCUT2D eigenvalue weighted by Gasteiger charge is -2.47. The molecular weight excluding hydrogens is 306 g/mol. The summed E-state index contributed by atoms with van der Waals surface area (Å²) >= 11 is 0. The van der Waals surface area contributed by atoms with Gasteiger partial charge in [0.05, 0.1) is 21.3 Å². The van der Waals surface area contributed by atoms with Gasteiger partial charge in [-0.05, 0) is 24.6 Å². The van der Waals surface area contributed by atoms with Crippen LogP contribution in [0, 0.1) is 0 Å². The van der Waals surface area contributed by atoms with Crippen LogP contribution in [0.2, 0.25) is 0 Å².